The number of carbonyl (C=O) groups is 1. The van der Waals surface area contributed by atoms with E-state index < -0.39 is 23.4 Å². The lowest BCUT2D eigenvalue weighted by atomic mass is 10.2. The molecule has 0 saturated heterocycles. The SMILES string of the molecule is Cc1c(C(=O)Nc2ccc(F)cc2F)nnn1-c1cccc(F)c1. The molecule has 3 rings (SSSR count). The lowest BCUT2D eigenvalue weighted by Gasteiger charge is -2.06. The van der Waals surface area contributed by atoms with E-state index in [9.17, 15) is 18.0 Å². The van der Waals surface area contributed by atoms with Crippen molar-refractivity contribution >= 4 is 11.6 Å². The Hall–Kier alpha value is -3.16. The molecule has 1 amide bonds. The van der Waals surface area contributed by atoms with Crippen LogP contribution in [-0.2, 0) is 0 Å². The van der Waals surface area contributed by atoms with Crippen LogP contribution in [0, 0.1) is 24.4 Å². The van der Waals surface area contributed by atoms with E-state index in [1.54, 1.807) is 13.0 Å². The summed E-state index contributed by atoms with van der Waals surface area (Å²) in [6.45, 7) is 1.57. The number of carbonyl (C=O) groups excluding carboxylic acids is 1. The van der Waals surface area contributed by atoms with Crippen LogP contribution in [0.2, 0.25) is 0 Å². The van der Waals surface area contributed by atoms with Crippen molar-refractivity contribution < 1.29 is 18.0 Å². The van der Waals surface area contributed by atoms with Crippen molar-refractivity contribution in [1.29, 1.82) is 0 Å². The Balaban J connectivity index is 1.89. The zero-order valence-electron chi connectivity index (χ0n) is 12.4. The van der Waals surface area contributed by atoms with Crippen molar-refractivity contribution in [2.24, 2.45) is 0 Å². The first-order valence-electron chi connectivity index (χ1n) is 6.90. The van der Waals surface area contributed by atoms with Gasteiger partial charge < -0.3 is 5.32 Å². The molecule has 0 aliphatic rings. The molecular formula is C16H11F3N4O. The average Bonchev–Trinajstić information content (AvgIpc) is 2.92. The quantitative estimate of drug-likeness (QED) is 0.801. The van der Waals surface area contributed by atoms with Gasteiger partial charge in [0.1, 0.15) is 17.5 Å². The lowest BCUT2D eigenvalue weighted by molar-refractivity contribution is 0.102. The molecule has 8 heteroatoms. The predicted molar refractivity (Wildman–Crippen MR) is 80.4 cm³/mol. The number of nitrogens with zero attached hydrogens (tertiary/aromatic N) is 3. The van der Waals surface area contributed by atoms with Crippen LogP contribution < -0.4 is 5.32 Å². The Kier molecular flexibility index (Phi) is 4.03. The van der Waals surface area contributed by atoms with Gasteiger partial charge in [-0.05, 0) is 37.3 Å². The molecule has 1 heterocycles. The summed E-state index contributed by atoms with van der Waals surface area (Å²) in [6.07, 6.45) is 0. The Labute approximate surface area is 134 Å². The molecule has 0 spiro atoms. The van der Waals surface area contributed by atoms with Gasteiger partial charge in [0.2, 0.25) is 0 Å². The molecule has 122 valence electrons. The van der Waals surface area contributed by atoms with Crippen LogP contribution in [0.5, 0.6) is 0 Å². The Morgan fingerprint density at radius 1 is 1.08 bits per heavy atom. The van der Waals surface area contributed by atoms with Crippen LogP contribution in [0.15, 0.2) is 42.5 Å². The summed E-state index contributed by atoms with van der Waals surface area (Å²) in [6, 6.07) is 8.41. The molecule has 0 aliphatic carbocycles. The van der Waals surface area contributed by atoms with E-state index in [4.69, 9.17) is 0 Å². The van der Waals surface area contributed by atoms with Crippen molar-refractivity contribution in [2.45, 2.75) is 6.92 Å². The monoisotopic (exact) mass is 332 g/mol. The molecule has 1 N–H and O–H groups in total. The van der Waals surface area contributed by atoms with E-state index in [0.29, 0.717) is 17.4 Å². The van der Waals surface area contributed by atoms with Crippen molar-refractivity contribution in [1.82, 2.24) is 15.0 Å². The number of nitrogens with one attached hydrogen (secondary N) is 1. The maximum absolute atomic E-state index is 13.6. The number of rotatable bonds is 3. The topological polar surface area (TPSA) is 59.8 Å². The Morgan fingerprint density at radius 2 is 1.83 bits per heavy atom. The fourth-order valence-corrected chi connectivity index (χ4v) is 2.16. The summed E-state index contributed by atoms with van der Waals surface area (Å²) >= 11 is 0. The van der Waals surface area contributed by atoms with Crippen LogP contribution in [0.3, 0.4) is 0 Å². The lowest BCUT2D eigenvalue weighted by Crippen LogP contribution is -2.15. The summed E-state index contributed by atoms with van der Waals surface area (Å²) in [4.78, 5) is 12.2. The van der Waals surface area contributed by atoms with E-state index in [2.05, 4.69) is 15.6 Å². The van der Waals surface area contributed by atoms with Crippen LogP contribution >= 0.6 is 0 Å². The molecule has 0 bridgehead atoms. The molecule has 0 unspecified atom stereocenters. The summed E-state index contributed by atoms with van der Waals surface area (Å²) in [5.41, 5.74) is 0.511. The van der Waals surface area contributed by atoms with E-state index in [1.807, 2.05) is 0 Å². The van der Waals surface area contributed by atoms with Gasteiger partial charge in [0.15, 0.2) is 5.69 Å². The maximum atomic E-state index is 13.6. The predicted octanol–water partition coefficient (Wildman–Crippen LogP) is 3.25. The summed E-state index contributed by atoms with van der Waals surface area (Å²) in [5.74, 6) is -2.82. The third-order valence-corrected chi connectivity index (χ3v) is 3.34. The molecule has 5 nitrogen and oxygen atoms in total. The molecule has 0 radical (unpaired) electrons. The molecule has 0 saturated carbocycles. The summed E-state index contributed by atoms with van der Waals surface area (Å²) in [5, 5.41) is 9.86. The zero-order chi connectivity index (χ0) is 17.3. The van der Waals surface area contributed by atoms with E-state index in [0.717, 1.165) is 12.1 Å². The number of hydrogen-bond acceptors (Lipinski definition) is 3. The molecule has 0 aliphatic heterocycles. The fraction of sp³-hybridized carbons (Fsp3) is 0.0625. The standard InChI is InChI=1S/C16H11F3N4O/c1-9-15(16(24)20-14-6-5-11(18)8-13(14)19)21-22-23(9)12-4-2-3-10(17)7-12/h2-8H,1H3,(H,20,24). The number of halogens is 3. The molecule has 2 aromatic carbocycles. The number of aromatic nitrogens is 3. The molecule has 3 aromatic rings. The van der Waals surface area contributed by atoms with Gasteiger partial charge in [0, 0.05) is 6.07 Å². The van der Waals surface area contributed by atoms with Gasteiger partial charge in [-0.3, -0.25) is 4.79 Å². The summed E-state index contributed by atoms with van der Waals surface area (Å²) in [7, 11) is 0. The second-order valence-electron chi connectivity index (χ2n) is 4.99. The van der Waals surface area contributed by atoms with Gasteiger partial charge in [-0.2, -0.15) is 0 Å². The smallest absolute Gasteiger partial charge is 0.278 e. The highest BCUT2D eigenvalue weighted by Crippen LogP contribution is 2.18. The first kappa shape index (κ1) is 15.7. The van der Waals surface area contributed by atoms with E-state index in [1.165, 1.54) is 22.9 Å². The minimum atomic E-state index is -0.904. The van der Waals surface area contributed by atoms with Crippen molar-refractivity contribution in [3.63, 3.8) is 0 Å². The van der Waals surface area contributed by atoms with Gasteiger partial charge in [-0.15, -0.1) is 5.10 Å². The third kappa shape index (κ3) is 2.98. The minimum absolute atomic E-state index is 0.0528. The molecule has 0 fully saturated rings. The normalized spacial score (nSPS) is 10.7. The number of benzene rings is 2. The van der Waals surface area contributed by atoms with Crippen molar-refractivity contribution in [3.05, 3.63) is 71.3 Å². The average molecular weight is 332 g/mol. The molecular weight excluding hydrogens is 321 g/mol. The first-order chi connectivity index (χ1) is 11.5. The molecule has 1 aromatic heterocycles. The van der Waals surface area contributed by atoms with Crippen molar-refractivity contribution in [2.75, 3.05) is 5.32 Å². The van der Waals surface area contributed by atoms with Crippen molar-refractivity contribution in [3.8, 4) is 5.69 Å². The highest BCUT2D eigenvalue weighted by atomic mass is 19.1. The van der Waals surface area contributed by atoms with Gasteiger partial charge in [-0.1, -0.05) is 11.3 Å². The van der Waals surface area contributed by atoms with Crippen LogP contribution in [-0.4, -0.2) is 20.9 Å². The van der Waals surface area contributed by atoms with E-state index in [-0.39, 0.29) is 11.4 Å². The second-order valence-corrected chi connectivity index (χ2v) is 4.99. The van der Waals surface area contributed by atoms with Crippen LogP contribution in [0.1, 0.15) is 16.2 Å². The highest BCUT2D eigenvalue weighted by Gasteiger charge is 2.19. The van der Waals surface area contributed by atoms with Gasteiger partial charge >= 0.3 is 0 Å². The largest absolute Gasteiger partial charge is 0.318 e. The van der Waals surface area contributed by atoms with Crippen LogP contribution in [0.25, 0.3) is 5.69 Å². The minimum Gasteiger partial charge on any atom is -0.318 e. The number of anilines is 1. The zero-order valence-corrected chi connectivity index (χ0v) is 12.4. The number of amides is 1. The molecule has 24 heavy (non-hydrogen) atoms. The third-order valence-electron chi connectivity index (χ3n) is 3.34. The second kappa shape index (κ2) is 6.15. The Morgan fingerprint density at radius 3 is 2.54 bits per heavy atom. The van der Waals surface area contributed by atoms with Crippen LogP contribution in [0.4, 0.5) is 18.9 Å². The Bertz CT molecular complexity index is 923. The van der Waals surface area contributed by atoms with Gasteiger partial charge in [0.25, 0.3) is 5.91 Å². The number of hydrogen-bond donors (Lipinski definition) is 1. The first-order valence-corrected chi connectivity index (χ1v) is 6.90. The van der Waals surface area contributed by atoms with E-state index >= 15 is 0 Å². The van der Waals surface area contributed by atoms with Gasteiger partial charge in [0.05, 0.1) is 17.1 Å². The summed E-state index contributed by atoms with van der Waals surface area (Å²) < 4.78 is 41.1. The highest BCUT2D eigenvalue weighted by molar-refractivity contribution is 6.03. The molecule has 0 atom stereocenters. The van der Waals surface area contributed by atoms with Gasteiger partial charge in [-0.25, -0.2) is 17.9 Å². The maximum Gasteiger partial charge on any atom is 0.278 e. The fourth-order valence-electron chi connectivity index (χ4n) is 2.16.